The summed E-state index contributed by atoms with van der Waals surface area (Å²) in [4.78, 5) is 20.5. The molecule has 5 heterocycles. The molecule has 0 atom stereocenters. The first-order chi connectivity index (χ1) is 41.7. The SMILES string of the molecule is [C-]#[N+]c1c(-c2ccc(-c3nc(-c4ccccc4)nc(-c4ccccc4)n3)c(-n3c4ccccc4c4ccc5c(c6ccccc6n5-c5ccccc5)c43)c2)cccc1-n1c2ccccc2c2ccc3c(c4ccccc4n3-c3ccccc3)c21. The van der Waals surface area contributed by atoms with E-state index < -0.39 is 0 Å². The standard InChI is InChI=1S/C76H46N8/c1-77-71-53(35-22-40-67(71)83-61-36-18-14-31-54(61)56-43-45-65-69(72(56)83)58-33-16-20-38-63(58)81(65)51-27-10-4-11-28-51)50-41-42-60(76-79-74(48-23-6-2-7-24-48)78-75(80-76)49-25-8-3-9-26-49)68(47-50)84-62-37-19-15-32-55(62)57-44-46-66-70(73(57)84)59-34-17-21-39-64(59)82(66)52-29-12-5-13-30-52/h2-47H. The van der Waals surface area contributed by atoms with Crippen LogP contribution in [-0.2, 0) is 0 Å². The average molecular weight is 1070 g/mol. The molecule has 17 rings (SSSR count). The monoisotopic (exact) mass is 1070 g/mol. The Morgan fingerprint density at radius 1 is 0.274 bits per heavy atom. The number of fused-ring (bicyclic) bond motifs is 14. The van der Waals surface area contributed by atoms with Crippen molar-refractivity contribution in [3.63, 3.8) is 0 Å². The molecule has 0 aliphatic rings. The van der Waals surface area contributed by atoms with Crippen LogP contribution in [0.15, 0.2) is 279 Å². The number of rotatable bonds is 8. The fourth-order valence-corrected chi connectivity index (χ4v) is 13.3. The van der Waals surface area contributed by atoms with Crippen LogP contribution >= 0.6 is 0 Å². The first kappa shape index (κ1) is 47.2. The largest absolute Gasteiger partial charge is 0.318 e. The molecule has 0 aliphatic carbocycles. The normalized spacial score (nSPS) is 11.8. The molecule has 0 spiro atoms. The molecule has 8 heteroatoms. The van der Waals surface area contributed by atoms with E-state index in [0.717, 1.165) is 138 Å². The molecule has 17 aromatic rings. The van der Waals surface area contributed by atoms with E-state index in [1.165, 1.54) is 0 Å². The van der Waals surface area contributed by atoms with Crippen molar-refractivity contribution >= 4 is 92.9 Å². The Morgan fingerprint density at radius 2 is 0.690 bits per heavy atom. The maximum Gasteiger partial charge on any atom is 0.218 e. The summed E-state index contributed by atoms with van der Waals surface area (Å²) in [6.07, 6.45) is 0. The van der Waals surface area contributed by atoms with Crippen LogP contribution in [-0.4, -0.2) is 33.2 Å². The molecule has 0 fully saturated rings. The van der Waals surface area contributed by atoms with Gasteiger partial charge >= 0.3 is 0 Å². The smallest absolute Gasteiger partial charge is 0.218 e. The Labute approximate surface area is 482 Å². The number of benzene rings is 12. The fourth-order valence-electron chi connectivity index (χ4n) is 13.3. The van der Waals surface area contributed by atoms with Gasteiger partial charge in [-0.05, 0) is 90.0 Å². The van der Waals surface area contributed by atoms with Gasteiger partial charge in [0, 0.05) is 71.2 Å². The van der Waals surface area contributed by atoms with Crippen LogP contribution in [0.25, 0.3) is 160 Å². The lowest BCUT2D eigenvalue weighted by Crippen LogP contribution is -2.04. The van der Waals surface area contributed by atoms with Crippen LogP contribution in [0.2, 0.25) is 0 Å². The first-order valence-electron chi connectivity index (χ1n) is 28.2. The maximum atomic E-state index is 9.31. The second kappa shape index (κ2) is 18.7. The lowest BCUT2D eigenvalue weighted by Gasteiger charge is -2.18. The number of aromatic nitrogens is 7. The molecule has 0 N–H and O–H groups in total. The first-order valence-corrected chi connectivity index (χ1v) is 28.2. The minimum Gasteiger partial charge on any atom is -0.318 e. The van der Waals surface area contributed by atoms with Crippen molar-refractivity contribution in [1.82, 2.24) is 33.2 Å². The Bertz CT molecular complexity index is 5490. The highest BCUT2D eigenvalue weighted by molar-refractivity contribution is 6.28. The number of hydrogen-bond acceptors (Lipinski definition) is 3. The molecule has 0 unspecified atom stereocenters. The third-order valence-corrected chi connectivity index (χ3v) is 16.8. The van der Waals surface area contributed by atoms with Gasteiger partial charge in [0.1, 0.15) is 0 Å². The minimum atomic E-state index is 0.525. The summed E-state index contributed by atoms with van der Waals surface area (Å²) in [5.41, 5.74) is 17.2. The highest BCUT2D eigenvalue weighted by Crippen LogP contribution is 2.48. The lowest BCUT2D eigenvalue weighted by molar-refractivity contribution is 1.06. The highest BCUT2D eigenvalue weighted by atomic mass is 15.1. The predicted octanol–water partition coefficient (Wildman–Crippen LogP) is 19.5. The van der Waals surface area contributed by atoms with Gasteiger partial charge in [-0.25, -0.2) is 19.8 Å². The van der Waals surface area contributed by atoms with E-state index in [0.29, 0.717) is 23.2 Å². The van der Waals surface area contributed by atoms with Gasteiger partial charge in [-0.3, -0.25) is 0 Å². The van der Waals surface area contributed by atoms with Gasteiger partial charge in [0.2, 0.25) is 5.69 Å². The Balaban J connectivity index is 0.980. The van der Waals surface area contributed by atoms with Gasteiger partial charge in [0.25, 0.3) is 0 Å². The molecule has 0 saturated heterocycles. The number of nitrogens with zero attached hydrogens (tertiary/aromatic N) is 8. The summed E-state index contributed by atoms with van der Waals surface area (Å²) < 4.78 is 9.51. The maximum absolute atomic E-state index is 9.31. The molecule has 0 bridgehead atoms. The number of para-hydroxylation sites is 7. The summed E-state index contributed by atoms with van der Waals surface area (Å²) in [7, 11) is 0. The zero-order chi connectivity index (χ0) is 55.4. The second-order valence-corrected chi connectivity index (χ2v) is 21.3. The van der Waals surface area contributed by atoms with E-state index in [1.54, 1.807) is 0 Å². The molecule has 0 amide bonds. The van der Waals surface area contributed by atoms with E-state index in [-0.39, 0.29) is 0 Å². The Hall–Kier alpha value is -11.7. The molecular formula is C76H46N8. The number of hydrogen-bond donors (Lipinski definition) is 0. The van der Waals surface area contributed by atoms with Gasteiger partial charge in [-0.2, -0.15) is 0 Å². The van der Waals surface area contributed by atoms with Crippen LogP contribution in [0.5, 0.6) is 0 Å². The molecule has 8 nitrogen and oxygen atoms in total. The van der Waals surface area contributed by atoms with Crippen molar-refractivity contribution in [2.45, 2.75) is 0 Å². The zero-order valence-electron chi connectivity index (χ0n) is 45.1. The molecule has 390 valence electrons. The lowest BCUT2D eigenvalue weighted by atomic mass is 9.98. The van der Waals surface area contributed by atoms with Crippen molar-refractivity contribution in [2.24, 2.45) is 0 Å². The summed E-state index contributed by atoms with van der Waals surface area (Å²) in [5.74, 6) is 1.66. The Kier molecular flexibility index (Phi) is 10.5. The van der Waals surface area contributed by atoms with Crippen LogP contribution in [0.3, 0.4) is 0 Å². The third kappa shape index (κ3) is 7.03. The van der Waals surface area contributed by atoms with Crippen molar-refractivity contribution in [1.29, 1.82) is 0 Å². The molecule has 12 aromatic carbocycles. The van der Waals surface area contributed by atoms with Gasteiger partial charge in [-0.15, -0.1) is 0 Å². The van der Waals surface area contributed by atoms with Gasteiger partial charge in [0.15, 0.2) is 17.5 Å². The van der Waals surface area contributed by atoms with Gasteiger partial charge < -0.3 is 18.3 Å². The summed E-state index contributed by atoms with van der Waals surface area (Å²) in [6, 6.07) is 98.1. The molecule has 0 radical (unpaired) electrons. The van der Waals surface area contributed by atoms with Gasteiger partial charge in [0.05, 0.1) is 62.1 Å². The van der Waals surface area contributed by atoms with Crippen LogP contribution < -0.4 is 0 Å². The van der Waals surface area contributed by atoms with Crippen molar-refractivity contribution in [2.75, 3.05) is 0 Å². The zero-order valence-corrected chi connectivity index (χ0v) is 45.1. The summed E-state index contributed by atoms with van der Waals surface area (Å²) in [5, 5.41) is 9.00. The predicted molar refractivity (Wildman–Crippen MR) is 345 cm³/mol. The minimum absolute atomic E-state index is 0.525. The van der Waals surface area contributed by atoms with E-state index >= 15 is 0 Å². The average Bonchev–Trinajstić information content (AvgIpc) is 1.89. The second-order valence-electron chi connectivity index (χ2n) is 21.3. The third-order valence-electron chi connectivity index (χ3n) is 16.8. The summed E-state index contributed by atoms with van der Waals surface area (Å²) >= 11 is 0. The van der Waals surface area contributed by atoms with Crippen LogP contribution in [0, 0.1) is 6.57 Å². The topological polar surface area (TPSA) is 62.8 Å². The molecule has 0 saturated carbocycles. The molecule has 0 aliphatic heterocycles. The van der Waals surface area contributed by atoms with Crippen LogP contribution in [0.4, 0.5) is 5.69 Å². The van der Waals surface area contributed by atoms with E-state index in [4.69, 9.17) is 15.0 Å². The quantitative estimate of drug-likeness (QED) is 0.142. The van der Waals surface area contributed by atoms with Crippen molar-refractivity contribution in [3.05, 3.63) is 290 Å². The molecule has 5 aromatic heterocycles. The van der Waals surface area contributed by atoms with E-state index in [9.17, 15) is 6.57 Å². The fraction of sp³-hybridized carbons (Fsp3) is 0. The van der Waals surface area contributed by atoms with Crippen LogP contribution in [0.1, 0.15) is 0 Å². The van der Waals surface area contributed by atoms with Gasteiger partial charge in [-0.1, -0.05) is 200 Å². The molecule has 84 heavy (non-hydrogen) atoms. The van der Waals surface area contributed by atoms with E-state index in [1.807, 2.05) is 60.7 Å². The molecular weight excluding hydrogens is 1020 g/mol. The highest BCUT2D eigenvalue weighted by Gasteiger charge is 2.27. The van der Waals surface area contributed by atoms with E-state index in [2.05, 4.69) is 242 Å². The Morgan fingerprint density at radius 3 is 1.18 bits per heavy atom. The summed E-state index contributed by atoms with van der Waals surface area (Å²) in [6.45, 7) is 9.31. The van der Waals surface area contributed by atoms with Crippen molar-refractivity contribution < 1.29 is 0 Å². The van der Waals surface area contributed by atoms with Crippen molar-refractivity contribution in [3.8, 4) is 68.0 Å².